The lowest BCUT2D eigenvalue weighted by molar-refractivity contribution is -0.142. The lowest BCUT2D eigenvalue weighted by Crippen LogP contribution is -2.49. The predicted octanol–water partition coefficient (Wildman–Crippen LogP) is 1.24. The summed E-state index contributed by atoms with van der Waals surface area (Å²) in [5, 5.41) is 2.85. The first-order valence-corrected chi connectivity index (χ1v) is 7.28. The number of nitrogens with one attached hydrogen (secondary N) is 1. The number of imide groups is 1. The molecule has 1 N–H and O–H groups in total. The number of ether oxygens (including phenoxy) is 1. The molecule has 0 radical (unpaired) electrons. The summed E-state index contributed by atoms with van der Waals surface area (Å²) >= 11 is 0. The zero-order chi connectivity index (χ0) is 16.3. The Labute approximate surface area is 126 Å². The van der Waals surface area contributed by atoms with Crippen molar-refractivity contribution in [2.24, 2.45) is 0 Å². The van der Waals surface area contributed by atoms with Gasteiger partial charge in [0.1, 0.15) is 6.54 Å². The molecule has 21 heavy (non-hydrogen) atoms. The molecular weight excluding hydrogens is 272 g/mol. The van der Waals surface area contributed by atoms with Crippen molar-refractivity contribution in [2.45, 2.75) is 65.0 Å². The van der Waals surface area contributed by atoms with Crippen molar-refractivity contribution < 1.29 is 19.1 Å². The van der Waals surface area contributed by atoms with E-state index in [-0.39, 0.29) is 42.7 Å². The minimum Gasteiger partial charge on any atom is -0.376 e. The van der Waals surface area contributed by atoms with E-state index in [1.165, 1.54) is 0 Å². The molecule has 120 valence electrons. The van der Waals surface area contributed by atoms with Crippen molar-refractivity contribution in [3.63, 3.8) is 0 Å². The van der Waals surface area contributed by atoms with E-state index in [1.54, 1.807) is 0 Å². The van der Waals surface area contributed by atoms with Gasteiger partial charge >= 0.3 is 0 Å². The van der Waals surface area contributed by atoms with E-state index >= 15 is 0 Å². The average molecular weight is 298 g/mol. The Bertz CT molecular complexity index is 408. The minimum atomic E-state index is -0.450. The van der Waals surface area contributed by atoms with Gasteiger partial charge in [-0.3, -0.25) is 19.3 Å². The normalized spacial score (nSPS) is 16.5. The van der Waals surface area contributed by atoms with E-state index in [0.717, 1.165) is 4.90 Å². The Hall–Kier alpha value is -1.43. The molecule has 0 aliphatic carbocycles. The highest BCUT2D eigenvalue weighted by atomic mass is 16.5. The Morgan fingerprint density at radius 1 is 1.14 bits per heavy atom. The number of carbonyl (C=O) groups is 3. The zero-order valence-corrected chi connectivity index (χ0v) is 13.6. The third-order valence-corrected chi connectivity index (χ3v) is 3.20. The number of carbonyl (C=O) groups excluding carboxylic acids is 3. The molecule has 0 spiro atoms. The van der Waals surface area contributed by atoms with Crippen LogP contribution >= 0.6 is 0 Å². The number of hydrogen-bond donors (Lipinski definition) is 1. The van der Waals surface area contributed by atoms with Crippen molar-refractivity contribution in [2.75, 3.05) is 13.2 Å². The van der Waals surface area contributed by atoms with Crippen LogP contribution < -0.4 is 5.32 Å². The zero-order valence-electron chi connectivity index (χ0n) is 13.6. The lowest BCUT2D eigenvalue weighted by atomic mass is 10.0. The molecular formula is C15H26N2O4. The summed E-state index contributed by atoms with van der Waals surface area (Å²) in [4.78, 5) is 35.9. The summed E-state index contributed by atoms with van der Waals surface area (Å²) < 4.78 is 5.64. The first-order valence-electron chi connectivity index (χ1n) is 7.28. The molecule has 0 bridgehead atoms. The summed E-state index contributed by atoms with van der Waals surface area (Å²) in [6.45, 7) is 10.0. The maximum absolute atomic E-state index is 12.0. The second-order valence-electron chi connectivity index (χ2n) is 7.02. The maximum Gasteiger partial charge on any atom is 0.240 e. The summed E-state index contributed by atoms with van der Waals surface area (Å²) in [5.41, 5.74) is -0.664. The molecule has 1 fully saturated rings. The SMILES string of the molecule is CC(C)(CCOC(C)(C)C)NC(=O)CN1C(=O)CCC1=O. The van der Waals surface area contributed by atoms with Gasteiger partial charge in [0.05, 0.1) is 5.60 Å². The highest BCUT2D eigenvalue weighted by Crippen LogP contribution is 2.14. The van der Waals surface area contributed by atoms with Crippen LogP contribution in [-0.2, 0) is 19.1 Å². The van der Waals surface area contributed by atoms with Crippen molar-refractivity contribution in [1.82, 2.24) is 10.2 Å². The van der Waals surface area contributed by atoms with Gasteiger partial charge in [0.25, 0.3) is 0 Å². The van der Waals surface area contributed by atoms with Gasteiger partial charge in [-0.25, -0.2) is 0 Å². The predicted molar refractivity (Wildman–Crippen MR) is 78.5 cm³/mol. The van der Waals surface area contributed by atoms with Crippen LogP contribution in [0, 0.1) is 0 Å². The van der Waals surface area contributed by atoms with E-state index in [2.05, 4.69) is 5.32 Å². The summed E-state index contributed by atoms with van der Waals surface area (Å²) in [5.74, 6) is -0.868. The molecule has 6 nitrogen and oxygen atoms in total. The smallest absolute Gasteiger partial charge is 0.240 e. The van der Waals surface area contributed by atoms with Gasteiger partial charge in [0.2, 0.25) is 17.7 Å². The number of likely N-dealkylation sites (tertiary alicyclic amines) is 1. The molecule has 0 saturated carbocycles. The first kappa shape index (κ1) is 17.6. The number of nitrogens with zero attached hydrogens (tertiary/aromatic N) is 1. The van der Waals surface area contributed by atoms with Crippen LogP contribution in [0.4, 0.5) is 0 Å². The van der Waals surface area contributed by atoms with Gasteiger partial charge in [-0.1, -0.05) is 0 Å². The van der Waals surface area contributed by atoms with E-state index in [4.69, 9.17) is 4.74 Å². The van der Waals surface area contributed by atoms with Crippen LogP contribution in [0.5, 0.6) is 0 Å². The topological polar surface area (TPSA) is 75.7 Å². The summed E-state index contributed by atoms with van der Waals surface area (Å²) in [6, 6.07) is 0. The van der Waals surface area contributed by atoms with Crippen LogP contribution in [0.2, 0.25) is 0 Å². The van der Waals surface area contributed by atoms with Gasteiger partial charge in [0.15, 0.2) is 0 Å². The highest BCUT2D eigenvalue weighted by molar-refractivity contribution is 6.04. The average Bonchev–Trinajstić information content (AvgIpc) is 2.57. The molecule has 0 aromatic heterocycles. The van der Waals surface area contributed by atoms with Gasteiger partial charge < -0.3 is 10.1 Å². The van der Waals surface area contributed by atoms with Gasteiger partial charge in [0, 0.05) is 25.0 Å². The van der Waals surface area contributed by atoms with E-state index in [9.17, 15) is 14.4 Å². The molecule has 0 atom stereocenters. The molecule has 0 aromatic carbocycles. The Morgan fingerprint density at radius 2 is 1.67 bits per heavy atom. The molecule has 3 amide bonds. The second kappa shape index (κ2) is 6.56. The van der Waals surface area contributed by atoms with Crippen molar-refractivity contribution in [1.29, 1.82) is 0 Å². The number of hydrogen-bond acceptors (Lipinski definition) is 4. The third-order valence-electron chi connectivity index (χ3n) is 3.20. The monoisotopic (exact) mass is 298 g/mol. The molecule has 1 saturated heterocycles. The Morgan fingerprint density at radius 3 is 2.14 bits per heavy atom. The first-order chi connectivity index (χ1) is 9.50. The standard InChI is InChI=1S/C15H26N2O4/c1-14(2,3)21-9-8-15(4,5)16-11(18)10-17-12(19)6-7-13(17)20/h6-10H2,1-5H3,(H,16,18). The quantitative estimate of drug-likeness (QED) is 0.748. The molecule has 6 heteroatoms. The fraction of sp³-hybridized carbons (Fsp3) is 0.800. The van der Waals surface area contributed by atoms with Gasteiger partial charge in [-0.2, -0.15) is 0 Å². The fourth-order valence-corrected chi connectivity index (χ4v) is 2.03. The Kier molecular flexibility index (Phi) is 5.50. The molecule has 1 rings (SSSR count). The minimum absolute atomic E-state index is 0.193. The molecule has 0 aromatic rings. The van der Waals surface area contributed by atoms with Crippen LogP contribution in [-0.4, -0.2) is 46.9 Å². The number of rotatable bonds is 6. The molecule has 1 aliphatic heterocycles. The Balaban J connectivity index is 2.41. The molecule has 1 heterocycles. The van der Waals surface area contributed by atoms with E-state index < -0.39 is 5.54 Å². The summed E-state index contributed by atoms with van der Waals surface area (Å²) in [7, 11) is 0. The van der Waals surface area contributed by atoms with Crippen molar-refractivity contribution in [3.8, 4) is 0 Å². The van der Waals surface area contributed by atoms with Crippen molar-refractivity contribution in [3.05, 3.63) is 0 Å². The second-order valence-corrected chi connectivity index (χ2v) is 7.02. The summed E-state index contributed by atoms with van der Waals surface area (Å²) in [6.07, 6.45) is 1.06. The lowest BCUT2D eigenvalue weighted by Gasteiger charge is -2.29. The van der Waals surface area contributed by atoms with E-state index in [1.807, 2.05) is 34.6 Å². The maximum atomic E-state index is 12.0. The van der Waals surface area contributed by atoms with Crippen LogP contribution in [0.3, 0.4) is 0 Å². The van der Waals surface area contributed by atoms with Crippen LogP contribution in [0.1, 0.15) is 53.9 Å². The van der Waals surface area contributed by atoms with E-state index in [0.29, 0.717) is 13.0 Å². The van der Waals surface area contributed by atoms with Crippen LogP contribution in [0.25, 0.3) is 0 Å². The van der Waals surface area contributed by atoms with Crippen LogP contribution in [0.15, 0.2) is 0 Å². The van der Waals surface area contributed by atoms with Gasteiger partial charge in [-0.15, -0.1) is 0 Å². The van der Waals surface area contributed by atoms with Gasteiger partial charge in [-0.05, 0) is 41.0 Å². The highest BCUT2D eigenvalue weighted by Gasteiger charge is 2.31. The largest absolute Gasteiger partial charge is 0.376 e. The third kappa shape index (κ3) is 6.25. The molecule has 0 unspecified atom stereocenters. The molecule has 1 aliphatic rings. The fourth-order valence-electron chi connectivity index (χ4n) is 2.03. The van der Waals surface area contributed by atoms with Crippen molar-refractivity contribution >= 4 is 17.7 Å². The number of amides is 3.